The highest BCUT2D eigenvalue weighted by atomic mass is 31.2. The van der Waals surface area contributed by atoms with E-state index in [4.69, 9.17) is 32.3 Å². The Balaban J connectivity index is 4.54. The van der Waals surface area contributed by atoms with Gasteiger partial charge in [-0.15, -0.1) is 0 Å². The molecule has 18 heteroatoms. The molecular formula is C99H166O16P2. The minimum Gasteiger partial charge on any atom is -0.463 e. The van der Waals surface area contributed by atoms with Crippen LogP contribution in [0.15, 0.2) is 182 Å². The summed E-state index contributed by atoms with van der Waals surface area (Å²) in [5.74, 6) is -1.67. The maximum Gasteiger partial charge on any atom is 0.472 e. The van der Waals surface area contributed by atoms with E-state index in [1.807, 2.05) is 18.2 Å². The predicted molar refractivity (Wildman–Crippen MR) is 491 cm³/mol. The summed E-state index contributed by atoms with van der Waals surface area (Å²) in [6, 6.07) is 0. The molecule has 0 spiro atoms. The molecule has 0 aromatic carbocycles. The summed E-state index contributed by atoms with van der Waals surface area (Å²) in [4.78, 5) is 58.9. The summed E-state index contributed by atoms with van der Waals surface area (Å²) in [5, 5.41) is 20.7. The first-order valence-electron chi connectivity index (χ1n) is 46.1. The van der Waals surface area contributed by atoms with Crippen LogP contribution in [-0.4, -0.2) is 95.9 Å². The topological polar surface area (TPSA) is 231 Å². The lowest BCUT2D eigenvalue weighted by Gasteiger charge is -2.21. The third-order valence-corrected chi connectivity index (χ3v) is 21.0. The normalized spacial score (nSPS) is 14.6. The zero-order valence-electron chi connectivity index (χ0n) is 73.6. The molecule has 0 aliphatic rings. The van der Waals surface area contributed by atoms with Gasteiger partial charge in [-0.2, -0.15) is 0 Å². The molecule has 0 aliphatic heterocycles. The van der Waals surface area contributed by atoms with Gasteiger partial charge in [0.25, 0.3) is 0 Å². The molecule has 117 heavy (non-hydrogen) atoms. The van der Waals surface area contributed by atoms with Crippen molar-refractivity contribution < 1.29 is 75.8 Å². The molecule has 5 unspecified atom stereocenters. The van der Waals surface area contributed by atoms with Crippen molar-refractivity contribution in [2.45, 2.75) is 386 Å². The first-order valence-corrected chi connectivity index (χ1v) is 49.1. The van der Waals surface area contributed by atoms with Gasteiger partial charge in [-0.05, 0) is 148 Å². The molecule has 0 bridgehead atoms. The van der Waals surface area contributed by atoms with E-state index in [9.17, 15) is 43.5 Å². The monoisotopic (exact) mass is 1670 g/mol. The van der Waals surface area contributed by atoms with Gasteiger partial charge in [-0.1, -0.05) is 383 Å². The molecular weight excluding hydrogens is 1510 g/mol. The molecule has 16 nitrogen and oxygen atoms in total. The summed E-state index contributed by atoms with van der Waals surface area (Å²) in [5.41, 5.74) is 0. The van der Waals surface area contributed by atoms with Crippen molar-refractivity contribution in [1.82, 2.24) is 0 Å². The fourth-order valence-electron chi connectivity index (χ4n) is 12.2. The summed E-state index contributed by atoms with van der Waals surface area (Å²) >= 11 is 0. The fourth-order valence-corrected chi connectivity index (χ4v) is 13.8. The maximum absolute atomic E-state index is 13.0. The second kappa shape index (κ2) is 89.9. The van der Waals surface area contributed by atoms with E-state index in [0.717, 1.165) is 135 Å². The minimum atomic E-state index is -4.96. The Morgan fingerprint density at radius 1 is 0.248 bits per heavy atom. The molecule has 0 amide bonds. The van der Waals surface area contributed by atoms with E-state index in [-0.39, 0.29) is 19.3 Å². The van der Waals surface area contributed by atoms with Gasteiger partial charge in [-0.25, -0.2) is 9.13 Å². The van der Waals surface area contributed by atoms with Gasteiger partial charge in [0.2, 0.25) is 0 Å². The number of rotatable bonds is 86. The maximum atomic E-state index is 13.0. The van der Waals surface area contributed by atoms with E-state index in [1.165, 1.54) is 167 Å². The minimum absolute atomic E-state index is 0.0260. The van der Waals surface area contributed by atoms with Crippen LogP contribution < -0.4 is 0 Å². The number of phosphoric acid groups is 2. The average Bonchev–Trinajstić information content (AvgIpc) is 0.812. The van der Waals surface area contributed by atoms with Gasteiger partial charge < -0.3 is 34.2 Å². The number of carbonyl (C=O) groups is 3. The Morgan fingerprint density at radius 3 is 0.752 bits per heavy atom. The second-order valence-corrected chi connectivity index (χ2v) is 33.2. The number of aliphatic hydroxyl groups excluding tert-OH is 2. The molecule has 0 saturated heterocycles. The molecule has 0 aliphatic carbocycles. The highest BCUT2D eigenvalue weighted by molar-refractivity contribution is 7.47. The van der Waals surface area contributed by atoms with Crippen LogP contribution in [0, 0.1) is 0 Å². The molecule has 0 fully saturated rings. The van der Waals surface area contributed by atoms with Gasteiger partial charge in [0.15, 0.2) is 6.10 Å². The molecule has 0 radical (unpaired) electrons. The molecule has 4 N–H and O–H groups in total. The van der Waals surface area contributed by atoms with Gasteiger partial charge in [0.1, 0.15) is 25.4 Å². The highest BCUT2D eigenvalue weighted by Crippen LogP contribution is 2.45. The van der Waals surface area contributed by atoms with Crippen molar-refractivity contribution in [3.63, 3.8) is 0 Å². The third-order valence-electron chi connectivity index (χ3n) is 19.1. The van der Waals surface area contributed by atoms with E-state index < -0.39 is 91.5 Å². The smallest absolute Gasteiger partial charge is 0.463 e. The van der Waals surface area contributed by atoms with E-state index >= 15 is 0 Å². The Labute approximate surface area is 713 Å². The summed E-state index contributed by atoms with van der Waals surface area (Å²) in [6.45, 7) is 2.36. The first-order chi connectivity index (χ1) is 57.2. The Morgan fingerprint density at radius 2 is 0.470 bits per heavy atom. The van der Waals surface area contributed by atoms with Crippen LogP contribution in [0.25, 0.3) is 0 Å². The predicted octanol–water partition coefficient (Wildman–Crippen LogP) is 28.4. The molecule has 0 heterocycles. The molecule has 0 aromatic rings. The molecule has 5 atom stereocenters. The van der Waals surface area contributed by atoms with Crippen LogP contribution in [0.1, 0.15) is 367 Å². The molecule has 668 valence electrons. The number of allylic oxidation sites excluding steroid dienone is 30. The largest absolute Gasteiger partial charge is 0.472 e. The van der Waals surface area contributed by atoms with Crippen molar-refractivity contribution in [1.29, 1.82) is 0 Å². The van der Waals surface area contributed by atoms with Crippen LogP contribution in [0.5, 0.6) is 0 Å². The number of ether oxygens (including phenoxy) is 3. The lowest BCUT2D eigenvalue weighted by molar-refractivity contribution is -0.161. The van der Waals surface area contributed by atoms with E-state index in [0.29, 0.717) is 25.7 Å². The van der Waals surface area contributed by atoms with Crippen LogP contribution in [0.3, 0.4) is 0 Å². The summed E-state index contributed by atoms with van der Waals surface area (Å²) < 4.78 is 61.3. The number of hydrogen-bond acceptors (Lipinski definition) is 14. The van der Waals surface area contributed by atoms with Crippen molar-refractivity contribution in [2.75, 3.05) is 39.6 Å². The van der Waals surface area contributed by atoms with Crippen LogP contribution in [0.4, 0.5) is 0 Å². The SMILES string of the molecule is CC/C=C\C/C=C\C/C=C\C/C=C\C/C=C\C/C=C\CCC(=O)OC(COC(=O)CCCCCCCCCCCCC/C=C\C/C=C\C/C=C\C/C=C\CCCCC)COP(=O)(O)OCC(O)COP(=O)(O)OCC(O)COC(=O)CCCCCCCCCCCCCCCCCCCCC/C=C\C/C=C\C/C=C\C/C=C\C/C=C\CC. The zero-order valence-corrected chi connectivity index (χ0v) is 75.4. The number of unbranched alkanes of at least 4 members (excludes halogenated alkanes) is 33. The van der Waals surface area contributed by atoms with Crippen molar-refractivity contribution in [2.24, 2.45) is 0 Å². The van der Waals surface area contributed by atoms with Crippen molar-refractivity contribution in [3.8, 4) is 0 Å². The number of esters is 3. The van der Waals surface area contributed by atoms with Crippen LogP contribution in [-0.2, 0) is 55.8 Å². The van der Waals surface area contributed by atoms with Gasteiger partial charge in [0, 0.05) is 19.3 Å². The second-order valence-electron chi connectivity index (χ2n) is 30.3. The van der Waals surface area contributed by atoms with Crippen molar-refractivity contribution >= 4 is 33.6 Å². The lowest BCUT2D eigenvalue weighted by Crippen LogP contribution is -2.29. The number of hydrogen-bond donors (Lipinski definition) is 4. The van der Waals surface area contributed by atoms with E-state index in [1.54, 1.807) is 0 Å². The molecule has 0 rings (SSSR count). The Bertz CT molecular complexity index is 2860. The highest BCUT2D eigenvalue weighted by Gasteiger charge is 2.29. The first kappa shape index (κ1) is 112. The molecule has 0 aromatic heterocycles. The quantitative estimate of drug-likeness (QED) is 0.0146. The summed E-state index contributed by atoms with van der Waals surface area (Å²) in [6.07, 6.45) is 118. The lowest BCUT2D eigenvalue weighted by atomic mass is 10.0. The fraction of sp³-hybridized carbons (Fsp3) is 0.667. The number of phosphoric ester groups is 2. The van der Waals surface area contributed by atoms with E-state index in [2.05, 4.69) is 185 Å². The zero-order chi connectivity index (χ0) is 85.1. The average molecular weight is 1670 g/mol. The van der Waals surface area contributed by atoms with Gasteiger partial charge >= 0.3 is 33.6 Å². The summed E-state index contributed by atoms with van der Waals surface area (Å²) in [7, 11) is -9.84. The Hall–Kier alpha value is -5.35. The van der Waals surface area contributed by atoms with Crippen LogP contribution >= 0.6 is 15.6 Å². The number of carbonyl (C=O) groups excluding carboxylic acids is 3. The van der Waals surface area contributed by atoms with Crippen molar-refractivity contribution in [3.05, 3.63) is 182 Å². The number of aliphatic hydroxyl groups is 2. The Kier molecular flexibility index (Phi) is 85.8. The van der Waals surface area contributed by atoms with Gasteiger partial charge in [-0.3, -0.25) is 32.5 Å². The van der Waals surface area contributed by atoms with Gasteiger partial charge in [0.05, 0.1) is 26.4 Å². The van der Waals surface area contributed by atoms with Crippen LogP contribution in [0.2, 0.25) is 0 Å². The standard InChI is InChI=1S/C99H166O16P2/c1-4-7-10-13-16-19-22-25-28-31-34-36-38-40-42-43-44-45-46-47-48-49-51-53-54-56-59-61-64-67-70-73-76-79-82-85-97(102)109-88-94(100)89-111-116(105,106)112-90-95(101)91-113-117(107,108)114-93-96(115-99(104)87-84-81-78-75-72-69-66-63-58-33-30-27-24-21-18-15-12-9-6-3)92-110-98(103)86-83-80-77-74-71-68-65-62-60-57-55-52-50-41-39-37-35-32-29-26-23-20-17-14-11-8-5-2/h7,9-10,12,16-21,25-30,34-37,40-42,50,58,63,69,72,78,81,94-96,100-101H,4-6,8,11,13-15,22-24,31-33,38-39,43-49,51-57,59-62,64-68,70-71,73-77,79-80,82-93H2,1-3H3,(H,105,106)(H,107,108)/b10-7-,12-9-,19-16-,20-17-,21-18-,28-25-,29-26-,30-27-,36-34-,37-35-,42-40-,50-41-,63-58-,72-69-,81-78-. The molecule has 0 saturated carbocycles. The third kappa shape index (κ3) is 91.2.